The number of alkyl carbamates (subject to hydrolysis) is 1. The predicted octanol–water partition coefficient (Wildman–Crippen LogP) is 3.40. The van der Waals surface area contributed by atoms with E-state index in [1.165, 1.54) is 25.9 Å². The molecule has 0 unspecified atom stereocenters. The van der Waals surface area contributed by atoms with E-state index >= 15 is 0 Å². The largest absolute Gasteiger partial charge is 0.444 e. The highest BCUT2D eigenvalue weighted by molar-refractivity contribution is 5.90. The van der Waals surface area contributed by atoms with E-state index < -0.39 is 17.2 Å². The number of piperidine rings is 2. The zero-order chi connectivity index (χ0) is 22.6. The summed E-state index contributed by atoms with van der Waals surface area (Å²) in [4.78, 5) is 34.7. The predicted molar refractivity (Wildman–Crippen MR) is 120 cm³/mol. The Hall–Kier alpha value is -2.15. The van der Waals surface area contributed by atoms with Crippen LogP contribution in [-0.4, -0.2) is 65.6 Å². The summed E-state index contributed by atoms with van der Waals surface area (Å²) in [5.74, 6) is 1.34. The molecule has 0 bridgehead atoms. The van der Waals surface area contributed by atoms with E-state index in [2.05, 4.69) is 22.2 Å². The summed E-state index contributed by atoms with van der Waals surface area (Å²) in [5.41, 5.74) is -1.21. The number of amides is 2. The van der Waals surface area contributed by atoms with Crippen LogP contribution in [-0.2, 0) is 15.1 Å². The Morgan fingerprint density at radius 1 is 1.03 bits per heavy atom. The standard InChI is InChI=1S/C24H38N4O3/c1-23(2,3)31-22(30)26-24(4,20-7-6-12-25-17-20)21(29)28-15-10-19(11-16-28)18-8-13-27(5)14-9-18/h6-7,12,17-19H,8-11,13-16H2,1-5H3,(H,26,30)/t24-/m1/s1. The Kier molecular flexibility index (Phi) is 7.24. The number of nitrogens with one attached hydrogen (secondary N) is 1. The number of ether oxygens (including phenoxy) is 1. The van der Waals surface area contributed by atoms with Gasteiger partial charge in [-0.2, -0.15) is 0 Å². The van der Waals surface area contributed by atoms with E-state index in [4.69, 9.17) is 4.74 Å². The highest BCUT2D eigenvalue weighted by Gasteiger charge is 2.42. The van der Waals surface area contributed by atoms with Gasteiger partial charge in [0.15, 0.2) is 0 Å². The molecule has 2 saturated heterocycles. The first kappa shape index (κ1) is 23.5. The molecule has 31 heavy (non-hydrogen) atoms. The molecule has 1 N–H and O–H groups in total. The number of hydrogen-bond donors (Lipinski definition) is 1. The summed E-state index contributed by atoms with van der Waals surface area (Å²) in [6, 6.07) is 3.61. The quantitative estimate of drug-likeness (QED) is 0.792. The van der Waals surface area contributed by atoms with Crippen LogP contribution in [0, 0.1) is 11.8 Å². The fraction of sp³-hybridized carbons (Fsp3) is 0.708. The van der Waals surface area contributed by atoms with Crippen LogP contribution in [0.15, 0.2) is 24.5 Å². The number of aromatic nitrogens is 1. The lowest BCUT2D eigenvalue weighted by atomic mass is 9.78. The van der Waals surface area contributed by atoms with E-state index in [0.717, 1.165) is 31.8 Å². The van der Waals surface area contributed by atoms with Crippen molar-refractivity contribution in [3.8, 4) is 0 Å². The molecule has 0 aliphatic carbocycles. The van der Waals surface area contributed by atoms with Gasteiger partial charge < -0.3 is 19.9 Å². The van der Waals surface area contributed by atoms with Crippen LogP contribution < -0.4 is 5.32 Å². The van der Waals surface area contributed by atoms with E-state index in [0.29, 0.717) is 11.5 Å². The molecule has 0 aromatic carbocycles. The Balaban J connectivity index is 1.70. The summed E-state index contributed by atoms with van der Waals surface area (Å²) in [6.07, 6.45) is 7.25. The molecule has 0 radical (unpaired) electrons. The first-order valence-corrected chi connectivity index (χ1v) is 11.5. The van der Waals surface area contributed by atoms with E-state index in [9.17, 15) is 9.59 Å². The Bertz CT molecular complexity index is 748. The molecule has 172 valence electrons. The molecule has 1 aromatic heterocycles. The second-order valence-corrected chi connectivity index (χ2v) is 10.3. The van der Waals surface area contributed by atoms with Gasteiger partial charge in [0.25, 0.3) is 5.91 Å². The van der Waals surface area contributed by atoms with Crippen LogP contribution in [0.25, 0.3) is 0 Å². The minimum Gasteiger partial charge on any atom is -0.444 e. The number of pyridine rings is 1. The van der Waals surface area contributed by atoms with Crippen LogP contribution in [0.3, 0.4) is 0 Å². The van der Waals surface area contributed by atoms with Crippen molar-refractivity contribution >= 4 is 12.0 Å². The van der Waals surface area contributed by atoms with Crippen molar-refractivity contribution in [2.75, 3.05) is 33.2 Å². The summed E-state index contributed by atoms with van der Waals surface area (Å²) < 4.78 is 5.45. The summed E-state index contributed by atoms with van der Waals surface area (Å²) in [7, 11) is 2.19. The zero-order valence-electron chi connectivity index (χ0n) is 19.7. The second-order valence-electron chi connectivity index (χ2n) is 10.3. The number of rotatable bonds is 4. The van der Waals surface area contributed by atoms with E-state index in [1.54, 1.807) is 25.4 Å². The molecule has 2 fully saturated rings. The van der Waals surface area contributed by atoms with Gasteiger partial charge in [-0.15, -0.1) is 0 Å². The third-order valence-corrected chi connectivity index (χ3v) is 6.67. The van der Waals surface area contributed by atoms with Gasteiger partial charge >= 0.3 is 6.09 Å². The smallest absolute Gasteiger partial charge is 0.408 e. The monoisotopic (exact) mass is 430 g/mol. The van der Waals surface area contributed by atoms with Crippen molar-refractivity contribution in [1.29, 1.82) is 0 Å². The molecule has 3 rings (SSSR count). The molecule has 7 nitrogen and oxygen atoms in total. The third kappa shape index (κ3) is 5.97. The molecule has 2 aliphatic rings. The number of carbonyl (C=O) groups is 2. The van der Waals surface area contributed by atoms with Gasteiger partial charge in [0.1, 0.15) is 11.1 Å². The molecule has 0 saturated carbocycles. The molecule has 7 heteroatoms. The Labute approximate surface area is 186 Å². The lowest BCUT2D eigenvalue weighted by Gasteiger charge is -2.42. The van der Waals surface area contributed by atoms with E-state index in [1.807, 2.05) is 31.7 Å². The van der Waals surface area contributed by atoms with Gasteiger partial charge in [-0.3, -0.25) is 9.78 Å². The van der Waals surface area contributed by atoms with Gasteiger partial charge in [-0.05, 0) is 91.4 Å². The van der Waals surface area contributed by atoms with Crippen LogP contribution in [0.5, 0.6) is 0 Å². The third-order valence-electron chi connectivity index (χ3n) is 6.67. The lowest BCUT2D eigenvalue weighted by molar-refractivity contribution is -0.140. The summed E-state index contributed by atoms with van der Waals surface area (Å²) in [5, 5.41) is 2.84. The van der Waals surface area contributed by atoms with Gasteiger partial charge in [-0.1, -0.05) is 6.07 Å². The maximum absolute atomic E-state index is 13.7. The van der Waals surface area contributed by atoms with Crippen LogP contribution in [0.1, 0.15) is 58.9 Å². The highest BCUT2D eigenvalue weighted by Crippen LogP contribution is 2.34. The minimum absolute atomic E-state index is 0.104. The SMILES string of the molecule is CN1CCC(C2CCN(C(=O)[C@](C)(NC(=O)OC(C)(C)C)c3cccnc3)CC2)CC1. The average Bonchev–Trinajstić information content (AvgIpc) is 2.73. The fourth-order valence-corrected chi connectivity index (χ4v) is 4.81. The van der Waals surface area contributed by atoms with E-state index in [-0.39, 0.29) is 5.91 Å². The van der Waals surface area contributed by atoms with Crippen LogP contribution in [0.4, 0.5) is 4.79 Å². The number of hydrogen-bond acceptors (Lipinski definition) is 5. The van der Waals surface area contributed by atoms with Crippen molar-refractivity contribution in [3.63, 3.8) is 0 Å². The van der Waals surface area contributed by atoms with Crippen molar-refractivity contribution < 1.29 is 14.3 Å². The molecule has 2 aliphatic heterocycles. The number of nitrogens with zero attached hydrogens (tertiary/aromatic N) is 3. The lowest BCUT2D eigenvalue weighted by Crippen LogP contribution is -2.57. The van der Waals surface area contributed by atoms with Gasteiger partial charge in [-0.25, -0.2) is 4.79 Å². The second kappa shape index (κ2) is 9.55. The van der Waals surface area contributed by atoms with Crippen molar-refractivity contribution in [2.45, 2.75) is 64.5 Å². The average molecular weight is 431 g/mol. The first-order valence-electron chi connectivity index (χ1n) is 11.5. The molecule has 1 atom stereocenters. The van der Waals surface area contributed by atoms with Crippen molar-refractivity contribution in [3.05, 3.63) is 30.1 Å². The highest BCUT2D eigenvalue weighted by atomic mass is 16.6. The molecule has 0 spiro atoms. The Morgan fingerprint density at radius 2 is 1.61 bits per heavy atom. The summed E-state index contributed by atoms with van der Waals surface area (Å²) >= 11 is 0. The fourth-order valence-electron chi connectivity index (χ4n) is 4.81. The number of carbonyl (C=O) groups excluding carboxylic acids is 2. The van der Waals surface area contributed by atoms with Gasteiger partial charge in [0, 0.05) is 31.0 Å². The van der Waals surface area contributed by atoms with Crippen molar-refractivity contribution in [2.24, 2.45) is 11.8 Å². The first-order chi connectivity index (χ1) is 14.6. The summed E-state index contributed by atoms with van der Waals surface area (Å²) in [6.45, 7) is 11.0. The van der Waals surface area contributed by atoms with Gasteiger partial charge in [0.05, 0.1) is 0 Å². The molecular weight excluding hydrogens is 392 g/mol. The molecular formula is C24H38N4O3. The van der Waals surface area contributed by atoms with Crippen LogP contribution >= 0.6 is 0 Å². The minimum atomic E-state index is -1.23. The molecule has 3 heterocycles. The molecule has 1 aromatic rings. The Morgan fingerprint density at radius 3 is 2.13 bits per heavy atom. The molecule has 2 amide bonds. The van der Waals surface area contributed by atoms with Crippen LogP contribution in [0.2, 0.25) is 0 Å². The zero-order valence-corrected chi connectivity index (χ0v) is 19.7. The number of likely N-dealkylation sites (tertiary alicyclic amines) is 2. The van der Waals surface area contributed by atoms with Gasteiger partial charge in [0.2, 0.25) is 0 Å². The normalized spacial score (nSPS) is 21.4. The topological polar surface area (TPSA) is 74.8 Å². The maximum atomic E-state index is 13.7. The maximum Gasteiger partial charge on any atom is 0.408 e. The van der Waals surface area contributed by atoms with Crippen molar-refractivity contribution in [1.82, 2.24) is 20.1 Å².